The second kappa shape index (κ2) is 6.24. The molecule has 0 aliphatic carbocycles. The first-order valence-electron chi connectivity index (χ1n) is 7.76. The molecule has 0 saturated carbocycles. The van der Waals surface area contributed by atoms with Gasteiger partial charge in [0, 0.05) is 28.2 Å². The summed E-state index contributed by atoms with van der Waals surface area (Å²) in [6, 6.07) is 4.82. The molecule has 2 heterocycles. The Bertz CT molecular complexity index is 633. The van der Waals surface area contributed by atoms with Crippen LogP contribution in [0.4, 0.5) is 0 Å². The van der Waals surface area contributed by atoms with Gasteiger partial charge in [0.1, 0.15) is 13.2 Å². The molecular weight excluding hydrogens is 282 g/mol. The van der Waals surface area contributed by atoms with Crippen LogP contribution in [0.3, 0.4) is 0 Å². The Morgan fingerprint density at radius 2 is 1.90 bits per heavy atom. The summed E-state index contributed by atoms with van der Waals surface area (Å²) in [6.45, 7) is 8.85. The van der Waals surface area contributed by atoms with Crippen molar-refractivity contribution in [3.63, 3.8) is 0 Å². The number of nitrogens with one attached hydrogen (secondary N) is 1. The van der Waals surface area contributed by atoms with Gasteiger partial charge in [-0.15, -0.1) is 11.3 Å². The number of aryl methyl sites for hydroxylation is 1. The molecule has 3 rings (SSSR count). The minimum Gasteiger partial charge on any atom is -0.486 e. The van der Waals surface area contributed by atoms with Crippen LogP contribution < -0.4 is 14.8 Å². The van der Waals surface area contributed by atoms with Gasteiger partial charge in [-0.05, 0) is 23.4 Å². The summed E-state index contributed by atoms with van der Waals surface area (Å²) in [5.41, 5.74) is 1.47. The van der Waals surface area contributed by atoms with Crippen LogP contribution in [0.15, 0.2) is 12.1 Å². The lowest BCUT2D eigenvalue weighted by Gasteiger charge is -2.18. The summed E-state index contributed by atoms with van der Waals surface area (Å²) in [4.78, 5) is 1.45. The molecule has 3 nitrogen and oxygen atoms in total. The molecule has 0 radical (unpaired) electrons. The zero-order chi connectivity index (χ0) is 14.8. The van der Waals surface area contributed by atoms with Gasteiger partial charge in [-0.25, -0.2) is 0 Å². The highest BCUT2D eigenvalue weighted by Crippen LogP contribution is 2.41. The average molecular weight is 305 g/mol. The third kappa shape index (κ3) is 3.01. The quantitative estimate of drug-likeness (QED) is 0.901. The summed E-state index contributed by atoms with van der Waals surface area (Å²) in [7, 11) is 0. The van der Waals surface area contributed by atoms with E-state index in [1.165, 1.54) is 20.5 Å². The van der Waals surface area contributed by atoms with E-state index in [2.05, 4.69) is 38.2 Å². The van der Waals surface area contributed by atoms with Gasteiger partial charge in [-0.1, -0.05) is 27.2 Å². The van der Waals surface area contributed by atoms with Gasteiger partial charge in [0.15, 0.2) is 11.5 Å². The topological polar surface area (TPSA) is 30.5 Å². The van der Waals surface area contributed by atoms with Crippen molar-refractivity contribution in [3.8, 4) is 11.5 Å². The molecule has 0 amide bonds. The Balaban J connectivity index is 2.03. The van der Waals surface area contributed by atoms with E-state index in [1.807, 2.05) is 11.3 Å². The van der Waals surface area contributed by atoms with Gasteiger partial charge in [0.05, 0.1) is 0 Å². The molecular formula is C17H23NO2S. The first-order valence-corrected chi connectivity index (χ1v) is 8.58. The third-order valence-corrected chi connectivity index (χ3v) is 4.90. The van der Waals surface area contributed by atoms with E-state index in [0.29, 0.717) is 19.3 Å². The summed E-state index contributed by atoms with van der Waals surface area (Å²) in [5.74, 6) is 1.79. The lowest BCUT2D eigenvalue weighted by atomic mass is 10.0. The van der Waals surface area contributed by atoms with Gasteiger partial charge in [0.25, 0.3) is 0 Å². The van der Waals surface area contributed by atoms with E-state index in [1.54, 1.807) is 0 Å². The number of thiophene rings is 1. The molecule has 0 spiro atoms. The normalized spacial score (nSPS) is 14.1. The van der Waals surface area contributed by atoms with Crippen LogP contribution in [-0.4, -0.2) is 19.3 Å². The zero-order valence-corrected chi connectivity index (χ0v) is 13.8. The fourth-order valence-corrected chi connectivity index (χ4v) is 3.91. The second-order valence-corrected chi connectivity index (χ2v) is 6.92. The van der Waals surface area contributed by atoms with Gasteiger partial charge >= 0.3 is 0 Å². The zero-order valence-electron chi connectivity index (χ0n) is 13.0. The number of hydrogen-bond acceptors (Lipinski definition) is 4. The van der Waals surface area contributed by atoms with Crippen LogP contribution in [0.5, 0.6) is 11.5 Å². The monoisotopic (exact) mass is 305 g/mol. The molecule has 4 heteroatoms. The summed E-state index contributed by atoms with van der Waals surface area (Å²) >= 11 is 1.88. The molecule has 0 fully saturated rings. The highest BCUT2D eigenvalue weighted by Gasteiger charge is 2.18. The van der Waals surface area contributed by atoms with E-state index in [4.69, 9.17) is 9.47 Å². The fourth-order valence-electron chi connectivity index (χ4n) is 2.70. The second-order valence-electron chi connectivity index (χ2n) is 5.78. The van der Waals surface area contributed by atoms with Crippen molar-refractivity contribution in [1.29, 1.82) is 0 Å². The third-order valence-electron chi connectivity index (χ3n) is 3.71. The molecule has 1 aliphatic heterocycles. The Hall–Kier alpha value is -1.26. The number of rotatable bonds is 5. The Morgan fingerprint density at radius 3 is 2.57 bits per heavy atom. The molecule has 21 heavy (non-hydrogen) atoms. The van der Waals surface area contributed by atoms with E-state index in [0.717, 1.165) is 30.9 Å². The molecule has 1 aromatic carbocycles. The first kappa shape index (κ1) is 14.7. The fraction of sp³-hybridized carbons (Fsp3) is 0.529. The number of ether oxygens (including phenoxy) is 2. The summed E-state index contributed by atoms with van der Waals surface area (Å²) in [5, 5.41) is 4.88. The average Bonchev–Trinajstić information content (AvgIpc) is 2.80. The maximum absolute atomic E-state index is 5.74. The van der Waals surface area contributed by atoms with Crippen LogP contribution in [-0.2, 0) is 13.0 Å². The smallest absolute Gasteiger partial charge is 0.162 e. The molecule has 1 aliphatic rings. The van der Waals surface area contributed by atoms with Gasteiger partial charge in [-0.2, -0.15) is 0 Å². The van der Waals surface area contributed by atoms with Gasteiger partial charge < -0.3 is 14.8 Å². The van der Waals surface area contributed by atoms with Crippen molar-refractivity contribution >= 4 is 21.4 Å². The molecule has 114 valence electrons. The van der Waals surface area contributed by atoms with Crippen molar-refractivity contribution in [2.24, 2.45) is 0 Å². The van der Waals surface area contributed by atoms with E-state index in [-0.39, 0.29) is 0 Å². The molecule has 1 N–H and O–H groups in total. The molecule has 0 unspecified atom stereocenters. The number of fused-ring (bicyclic) bond motifs is 2. The van der Waals surface area contributed by atoms with E-state index >= 15 is 0 Å². The van der Waals surface area contributed by atoms with Crippen LogP contribution in [0.2, 0.25) is 0 Å². The van der Waals surface area contributed by atoms with Crippen molar-refractivity contribution in [3.05, 3.63) is 22.6 Å². The van der Waals surface area contributed by atoms with Gasteiger partial charge in [0.2, 0.25) is 0 Å². The van der Waals surface area contributed by atoms with Crippen LogP contribution in [0.1, 0.15) is 37.6 Å². The van der Waals surface area contributed by atoms with Crippen LogP contribution in [0.25, 0.3) is 10.1 Å². The molecule has 0 saturated heterocycles. The SMILES string of the molecule is CCCc1c(CNC(C)C)sc2cc3c(cc12)OCCO3. The lowest BCUT2D eigenvalue weighted by molar-refractivity contribution is 0.172. The van der Waals surface area contributed by atoms with Crippen LogP contribution in [0, 0.1) is 0 Å². The predicted octanol–water partition coefficient (Wildman–Crippen LogP) is 4.12. The van der Waals surface area contributed by atoms with Crippen molar-refractivity contribution in [1.82, 2.24) is 5.32 Å². The number of hydrogen-bond donors (Lipinski definition) is 1. The maximum Gasteiger partial charge on any atom is 0.162 e. The highest BCUT2D eigenvalue weighted by atomic mass is 32.1. The minimum atomic E-state index is 0.504. The summed E-state index contributed by atoms with van der Waals surface area (Å²) in [6.07, 6.45) is 2.28. The largest absolute Gasteiger partial charge is 0.486 e. The Labute approximate surface area is 130 Å². The first-order chi connectivity index (χ1) is 10.2. The molecule has 0 atom stereocenters. The van der Waals surface area contributed by atoms with Crippen molar-refractivity contribution in [2.45, 2.75) is 46.2 Å². The van der Waals surface area contributed by atoms with Crippen LogP contribution >= 0.6 is 11.3 Å². The Kier molecular flexibility index (Phi) is 4.36. The lowest BCUT2D eigenvalue weighted by Crippen LogP contribution is -2.21. The van der Waals surface area contributed by atoms with E-state index in [9.17, 15) is 0 Å². The van der Waals surface area contributed by atoms with Crippen molar-refractivity contribution in [2.75, 3.05) is 13.2 Å². The highest BCUT2D eigenvalue weighted by molar-refractivity contribution is 7.19. The van der Waals surface area contributed by atoms with Crippen molar-refractivity contribution < 1.29 is 9.47 Å². The molecule has 0 bridgehead atoms. The van der Waals surface area contributed by atoms with E-state index < -0.39 is 0 Å². The predicted molar refractivity (Wildman–Crippen MR) is 88.8 cm³/mol. The maximum atomic E-state index is 5.74. The molecule has 1 aromatic heterocycles. The standard InChI is InChI=1S/C17H23NO2S/c1-4-5-12-13-8-14-15(20-7-6-19-14)9-16(13)21-17(12)10-18-11(2)3/h8-9,11,18H,4-7,10H2,1-3H3. The van der Waals surface area contributed by atoms with Gasteiger partial charge in [-0.3, -0.25) is 0 Å². The minimum absolute atomic E-state index is 0.504. The summed E-state index contributed by atoms with van der Waals surface area (Å²) < 4.78 is 12.7. The Morgan fingerprint density at radius 1 is 1.19 bits per heavy atom. The number of benzene rings is 1. The molecule has 2 aromatic rings.